The van der Waals surface area contributed by atoms with Gasteiger partial charge in [-0.3, -0.25) is 0 Å². The van der Waals surface area contributed by atoms with Crippen LogP contribution in [-0.4, -0.2) is 12.6 Å². The van der Waals surface area contributed by atoms with Crippen molar-refractivity contribution in [3.63, 3.8) is 0 Å². The van der Waals surface area contributed by atoms with Crippen molar-refractivity contribution in [1.29, 1.82) is 0 Å². The van der Waals surface area contributed by atoms with Crippen molar-refractivity contribution in [2.75, 3.05) is 6.54 Å². The maximum absolute atomic E-state index is 13.7. The predicted molar refractivity (Wildman–Crippen MR) is 77.6 cm³/mol. The highest BCUT2D eigenvalue weighted by Crippen LogP contribution is 2.15. The van der Waals surface area contributed by atoms with Crippen LogP contribution in [0, 0.1) is 17.5 Å². The fraction of sp³-hybridized carbons (Fsp3) is 0.294. The molecule has 0 aliphatic heterocycles. The Kier molecular flexibility index (Phi) is 5.39. The Labute approximate surface area is 122 Å². The largest absolute Gasteiger partial charge is 0.314 e. The third-order valence-electron chi connectivity index (χ3n) is 3.34. The van der Waals surface area contributed by atoms with Crippen LogP contribution in [0.25, 0.3) is 0 Å². The average molecular weight is 293 g/mol. The zero-order valence-electron chi connectivity index (χ0n) is 11.9. The third kappa shape index (κ3) is 4.60. The number of halogens is 3. The molecule has 2 rings (SSSR count). The van der Waals surface area contributed by atoms with Gasteiger partial charge in [0.2, 0.25) is 0 Å². The summed E-state index contributed by atoms with van der Waals surface area (Å²) in [7, 11) is 0. The fourth-order valence-electron chi connectivity index (χ4n) is 2.42. The summed E-state index contributed by atoms with van der Waals surface area (Å²) in [5.41, 5.74) is 1.16. The van der Waals surface area contributed by atoms with E-state index in [9.17, 15) is 13.2 Å². The minimum Gasteiger partial charge on any atom is -0.314 e. The molecule has 2 aromatic rings. The molecule has 112 valence electrons. The van der Waals surface area contributed by atoms with Gasteiger partial charge in [-0.15, -0.1) is 0 Å². The first kappa shape index (κ1) is 15.6. The van der Waals surface area contributed by atoms with E-state index in [1.807, 2.05) is 13.0 Å². The first-order valence-corrected chi connectivity index (χ1v) is 7.00. The fourth-order valence-corrected chi connectivity index (χ4v) is 2.42. The van der Waals surface area contributed by atoms with Gasteiger partial charge in [0.05, 0.1) is 0 Å². The van der Waals surface area contributed by atoms with Crippen LogP contribution in [0.3, 0.4) is 0 Å². The van der Waals surface area contributed by atoms with Gasteiger partial charge in [0.15, 0.2) is 0 Å². The van der Waals surface area contributed by atoms with E-state index in [1.54, 1.807) is 6.07 Å². The van der Waals surface area contributed by atoms with E-state index < -0.39 is 11.6 Å². The molecule has 0 heterocycles. The number of benzene rings is 2. The van der Waals surface area contributed by atoms with Gasteiger partial charge in [-0.05, 0) is 60.8 Å². The van der Waals surface area contributed by atoms with Gasteiger partial charge in [-0.1, -0.05) is 19.1 Å². The molecule has 0 aromatic heterocycles. The molecular weight excluding hydrogens is 275 g/mol. The number of hydrogen-bond acceptors (Lipinski definition) is 1. The topological polar surface area (TPSA) is 12.0 Å². The van der Waals surface area contributed by atoms with Crippen molar-refractivity contribution in [2.24, 2.45) is 0 Å². The summed E-state index contributed by atoms with van der Waals surface area (Å²) in [5, 5.41) is 3.23. The number of likely N-dealkylation sites (N-methyl/N-ethyl adjacent to an activating group) is 1. The Morgan fingerprint density at radius 3 is 2.43 bits per heavy atom. The molecule has 0 saturated carbocycles. The van der Waals surface area contributed by atoms with Crippen molar-refractivity contribution in [3.8, 4) is 0 Å². The maximum Gasteiger partial charge on any atom is 0.126 e. The van der Waals surface area contributed by atoms with E-state index in [2.05, 4.69) is 5.32 Å². The zero-order valence-corrected chi connectivity index (χ0v) is 11.9. The normalized spacial score (nSPS) is 12.4. The highest BCUT2D eigenvalue weighted by atomic mass is 19.1. The molecule has 21 heavy (non-hydrogen) atoms. The summed E-state index contributed by atoms with van der Waals surface area (Å²) in [4.78, 5) is 0. The van der Waals surface area contributed by atoms with Crippen LogP contribution in [0.1, 0.15) is 18.1 Å². The molecule has 0 spiro atoms. The summed E-state index contributed by atoms with van der Waals surface area (Å²) in [5.74, 6) is -1.16. The lowest BCUT2D eigenvalue weighted by Crippen LogP contribution is -2.33. The molecule has 2 aromatic carbocycles. The monoisotopic (exact) mass is 293 g/mol. The summed E-state index contributed by atoms with van der Waals surface area (Å²) < 4.78 is 40.2. The lowest BCUT2D eigenvalue weighted by molar-refractivity contribution is 0.500. The van der Waals surface area contributed by atoms with Crippen LogP contribution in [0.4, 0.5) is 13.2 Å². The molecule has 0 fully saturated rings. The van der Waals surface area contributed by atoms with Gasteiger partial charge >= 0.3 is 0 Å². The van der Waals surface area contributed by atoms with Gasteiger partial charge in [0.25, 0.3) is 0 Å². The standard InChI is InChI=1S/C17H18F3N/c1-2-21-16(9-12-4-3-5-14(18)8-12)11-13-10-15(19)6-7-17(13)20/h3-8,10,16,21H,2,9,11H2,1H3. The maximum atomic E-state index is 13.7. The quantitative estimate of drug-likeness (QED) is 0.852. The van der Waals surface area contributed by atoms with E-state index in [1.165, 1.54) is 18.2 Å². The number of hydrogen-bond donors (Lipinski definition) is 1. The van der Waals surface area contributed by atoms with E-state index >= 15 is 0 Å². The van der Waals surface area contributed by atoms with Gasteiger partial charge < -0.3 is 5.32 Å². The Morgan fingerprint density at radius 2 is 1.71 bits per heavy atom. The second-order valence-corrected chi connectivity index (χ2v) is 5.03. The van der Waals surface area contributed by atoms with E-state index in [0.717, 1.165) is 17.7 Å². The van der Waals surface area contributed by atoms with E-state index in [4.69, 9.17) is 0 Å². The van der Waals surface area contributed by atoms with Crippen molar-refractivity contribution in [1.82, 2.24) is 5.32 Å². The molecule has 0 saturated heterocycles. The highest BCUT2D eigenvalue weighted by molar-refractivity contribution is 5.22. The minimum absolute atomic E-state index is 0.0758. The summed E-state index contributed by atoms with van der Waals surface area (Å²) in [6.07, 6.45) is 0.912. The second kappa shape index (κ2) is 7.27. The summed E-state index contributed by atoms with van der Waals surface area (Å²) >= 11 is 0. The van der Waals surface area contributed by atoms with Crippen LogP contribution >= 0.6 is 0 Å². The van der Waals surface area contributed by atoms with E-state index in [-0.39, 0.29) is 11.9 Å². The average Bonchev–Trinajstić information content (AvgIpc) is 2.43. The van der Waals surface area contributed by atoms with Gasteiger partial charge in [-0.2, -0.15) is 0 Å². The van der Waals surface area contributed by atoms with Gasteiger partial charge in [-0.25, -0.2) is 13.2 Å². The summed E-state index contributed by atoms with van der Waals surface area (Å²) in [6.45, 7) is 2.65. The van der Waals surface area contributed by atoms with Crippen LogP contribution in [0.15, 0.2) is 42.5 Å². The number of nitrogens with one attached hydrogen (secondary N) is 1. The molecule has 1 nitrogen and oxygen atoms in total. The first-order chi connectivity index (χ1) is 10.1. The lowest BCUT2D eigenvalue weighted by Gasteiger charge is -2.18. The molecule has 1 atom stereocenters. The second-order valence-electron chi connectivity index (χ2n) is 5.03. The molecule has 1 unspecified atom stereocenters. The SMILES string of the molecule is CCNC(Cc1cccc(F)c1)Cc1cc(F)ccc1F. The van der Waals surface area contributed by atoms with Crippen LogP contribution < -0.4 is 5.32 Å². The molecular formula is C17H18F3N. The Bertz CT molecular complexity index is 598. The molecule has 0 radical (unpaired) electrons. The molecule has 0 bridgehead atoms. The minimum atomic E-state index is -0.451. The molecule has 4 heteroatoms. The van der Waals surface area contributed by atoms with Gasteiger partial charge in [0, 0.05) is 6.04 Å². The van der Waals surface area contributed by atoms with Crippen LogP contribution in [0.2, 0.25) is 0 Å². The van der Waals surface area contributed by atoms with Crippen molar-refractivity contribution < 1.29 is 13.2 Å². The van der Waals surface area contributed by atoms with Crippen molar-refractivity contribution >= 4 is 0 Å². The zero-order chi connectivity index (χ0) is 15.2. The Balaban J connectivity index is 2.13. The molecule has 0 aliphatic carbocycles. The van der Waals surface area contributed by atoms with Gasteiger partial charge in [0.1, 0.15) is 17.5 Å². The van der Waals surface area contributed by atoms with Crippen LogP contribution in [-0.2, 0) is 12.8 Å². The molecule has 1 N–H and O–H groups in total. The molecule has 0 aliphatic rings. The van der Waals surface area contributed by atoms with Crippen molar-refractivity contribution in [2.45, 2.75) is 25.8 Å². The van der Waals surface area contributed by atoms with E-state index in [0.29, 0.717) is 24.9 Å². The highest BCUT2D eigenvalue weighted by Gasteiger charge is 2.13. The Hall–Kier alpha value is -1.81. The number of rotatable bonds is 6. The summed E-state index contributed by atoms with van der Waals surface area (Å²) in [6, 6.07) is 9.71. The first-order valence-electron chi connectivity index (χ1n) is 7.00. The van der Waals surface area contributed by atoms with Crippen LogP contribution in [0.5, 0.6) is 0 Å². The third-order valence-corrected chi connectivity index (χ3v) is 3.34. The van der Waals surface area contributed by atoms with Crippen molar-refractivity contribution in [3.05, 3.63) is 71.0 Å². The molecule has 0 amide bonds. The Morgan fingerprint density at radius 1 is 0.952 bits per heavy atom. The smallest absolute Gasteiger partial charge is 0.126 e. The predicted octanol–water partition coefficient (Wildman–Crippen LogP) is 3.87. The lowest BCUT2D eigenvalue weighted by atomic mass is 9.98.